The molecule has 10 rings (SSSR count). The van der Waals surface area contributed by atoms with Crippen molar-refractivity contribution < 1.29 is 0 Å². The van der Waals surface area contributed by atoms with E-state index in [4.69, 9.17) is 0 Å². The van der Waals surface area contributed by atoms with Gasteiger partial charge in [-0.15, -0.1) is 0 Å². The van der Waals surface area contributed by atoms with Gasteiger partial charge in [0.05, 0.1) is 0 Å². The van der Waals surface area contributed by atoms with Crippen LogP contribution in [0, 0.1) is 0 Å². The molecule has 0 spiro atoms. The smallest absolute Gasteiger partial charge is 0.0488 e. The van der Waals surface area contributed by atoms with Gasteiger partial charge in [-0.3, -0.25) is 0 Å². The van der Waals surface area contributed by atoms with Crippen LogP contribution in [0.4, 0.5) is 68.2 Å². The molecule has 0 aromatic heterocycles. The second kappa shape index (κ2) is 18.6. The molecule has 0 radical (unpaired) electrons. The predicted molar refractivity (Wildman–Crippen MR) is 271 cm³/mol. The summed E-state index contributed by atoms with van der Waals surface area (Å²) in [6, 6.07) is 98.9. The average molecular weight is 823 g/mol. The Morgan fingerprint density at radius 2 is 0.328 bits per heavy atom. The van der Waals surface area contributed by atoms with Crippen molar-refractivity contribution in [3.05, 3.63) is 279 Å². The minimum atomic E-state index is 1.04. The van der Waals surface area contributed by atoms with Crippen molar-refractivity contribution in [3.63, 3.8) is 0 Å². The Hall–Kier alpha value is -8.60. The maximum atomic E-state index is 2.36. The zero-order valence-corrected chi connectivity index (χ0v) is 35.3. The van der Waals surface area contributed by atoms with Crippen molar-refractivity contribution in [1.29, 1.82) is 0 Å². The van der Waals surface area contributed by atoms with Crippen LogP contribution in [0.2, 0.25) is 0 Å². The van der Waals surface area contributed by atoms with E-state index in [9.17, 15) is 0 Å². The molecule has 4 heteroatoms. The topological polar surface area (TPSA) is 13.0 Å². The predicted octanol–water partition coefficient (Wildman–Crippen LogP) is 17.2. The average Bonchev–Trinajstić information content (AvgIpc) is 3.37. The van der Waals surface area contributed by atoms with Crippen molar-refractivity contribution in [3.8, 4) is 11.1 Å². The molecule has 0 atom stereocenters. The zero-order chi connectivity index (χ0) is 42.9. The molecule has 10 aromatic rings. The Labute approximate surface area is 376 Å². The summed E-state index contributed by atoms with van der Waals surface area (Å²) in [6.45, 7) is 0. The third-order valence-electron chi connectivity index (χ3n) is 11.3. The minimum Gasteiger partial charge on any atom is -0.311 e. The van der Waals surface area contributed by atoms with Crippen LogP contribution in [-0.2, 0) is 0 Å². The third kappa shape index (κ3) is 8.49. The number of nitrogens with zero attached hydrogens (tertiary/aromatic N) is 4. The van der Waals surface area contributed by atoms with Crippen LogP contribution in [0.3, 0.4) is 0 Å². The number of hydrogen-bond acceptors (Lipinski definition) is 4. The van der Waals surface area contributed by atoms with Crippen LogP contribution in [-0.4, -0.2) is 0 Å². The molecule has 0 saturated heterocycles. The molecular weight excluding hydrogens is 777 g/mol. The van der Waals surface area contributed by atoms with E-state index in [1.165, 1.54) is 0 Å². The van der Waals surface area contributed by atoms with Gasteiger partial charge in [0.1, 0.15) is 0 Å². The molecule has 0 aliphatic carbocycles. The molecule has 0 fully saturated rings. The van der Waals surface area contributed by atoms with Crippen LogP contribution in [0.5, 0.6) is 0 Å². The fourth-order valence-corrected chi connectivity index (χ4v) is 8.40. The fourth-order valence-electron chi connectivity index (χ4n) is 8.40. The molecule has 0 aliphatic heterocycles. The molecule has 4 nitrogen and oxygen atoms in total. The Morgan fingerprint density at radius 1 is 0.141 bits per heavy atom. The number of benzene rings is 10. The quantitative estimate of drug-likeness (QED) is 0.115. The Balaban J connectivity index is 1.11. The normalized spacial score (nSPS) is 10.8. The number of para-hydroxylation sites is 6. The van der Waals surface area contributed by atoms with E-state index in [2.05, 4.69) is 299 Å². The maximum Gasteiger partial charge on any atom is 0.0488 e. The highest BCUT2D eigenvalue weighted by molar-refractivity contribution is 5.89. The molecule has 64 heavy (non-hydrogen) atoms. The van der Waals surface area contributed by atoms with Gasteiger partial charge in [0.15, 0.2) is 0 Å². The molecule has 0 aliphatic rings. The number of anilines is 12. The van der Waals surface area contributed by atoms with Crippen LogP contribution in [0.1, 0.15) is 0 Å². The highest BCUT2D eigenvalue weighted by atomic mass is 15.2. The first-order valence-electron chi connectivity index (χ1n) is 21.7. The van der Waals surface area contributed by atoms with E-state index in [1.807, 2.05) is 0 Å². The van der Waals surface area contributed by atoms with Gasteiger partial charge in [0, 0.05) is 68.2 Å². The van der Waals surface area contributed by atoms with E-state index in [-0.39, 0.29) is 0 Å². The maximum absolute atomic E-state index is 2.36. The molecule has 0 unspecified atom stereocenters. The summed E-state index contributed by atoms with van der Waals surface area (Å²) in [5.74, 6) is 0. The molecular formula is C60H46N4. The first-order chi connectivity index (χ1) is 31.8. The first kappa shape index (κ1) is 39.5. The van der Waals surface area contributed by atoms with Crippen molar-refractivity contribution in [2.45, 2.75) is 0 Å². The lowest BCUT2D eigenvalue weighted by Gasteiger charge is -2.31. The summed E-state index contributed by atoms with van der Waals surface area (Å²) >= 11 is 0. The molecule has 0 N–H and O–H groups in total. The van der Waals surface area contributed by atoms with Crippen LogP contribution in [0.25, 0.3) is 11.1 Å². The highest BCUT2D eigenvalue weighted by Gasteiger charge is 2.21. The van der Waals surface area contributed by atoms with E-state index >= 15 is 0 Å². The summed E-state index contributed by atoms with van der Waals surface area (Å²) in [6.07, 6.45) is 0. The lowest BCUT2D eigenvalue weighted by Crippen LogP contribution is -2.14. The van der Waals surface area contributed by atoms with Gasteiger partial charge in [-0.25, -0.2) is 0 Å². The van der Waals surface area contributed by atoms with Crippen molar-refractivity contribution in [1.82, 2.24) is 0 Å². The standard InChI is InChI=1S/C60H46N4/c1-8-22-47(23-9-1)48-44-59(63(53-32-18-6-19-33-53)57-40-36-55(37-41-57)61(49-24-10-2-11-25-49)50-26-12-3-13-27-50)46-60(45-48)64(54-34-20-7-21-35-54)58-42-38-56(39-43-58)62(51-28-14-4-15-29-51)52-30-16-5-17-31-52/h1-46H. The van der Waals surface area contributed by atoms with Crippen LogP contribution in [0.15, 0.2) is 279 Å². The first-order valence-corrected chi connectivity index (χ1v) is 21.7. The Bertz CT molecular complexity index is 2740. The molecule has 0 saturated carbocycles. The van der Waals surface area contributed by atoms with Gasteiger partial charge in [0.25, 0.3) is 0 Å². The summed E-state index contributed by atoms with van der Waals surface area (Å²) in [5, 5.41) is 0. The molecule has 0 bridgehead atoms. The summed E-state index contributed by atoms with van der Waals surface area (Å²) < 4.78 is 0. The minimum absolute atomic E-state index is 1.04. The highest BCUT2D eigenvalue weighted by Crippen LogP contribution is 2.45. The zero-order valence-electron chi connectivity index (χ0n) is 35.3. The SMILES string of the molecule is c1ccc(-c2cc(N(c3ccccc3)c3ccc(N(c4ccccc4)c4ccccc4)cc3)cc(N(c3ccccc3)c3ccc(N(c4ccccc4)c4ccccc4)cc3)c2)cc1. The Morgan fingerprint density at radius 3 is 0.562 bits per heavy atom. The van der Waals surface area contributed by atoms with Crippen molar-refractivity contribution in [2.75, 3.05) is 19.6 Å². The van der Waals surface area contributed by atoms with Gasteiger partial charge in [-0.1, -0.05) is 140 Å². The van der Waals surface area contributed by atoms with Crippen LogP contribution < -0.4 is 19.6 Å². The third-order valence-corrected chi connectivity index (χ3v) is 11.3. The van der Waals surface area contributed by atoms with E-state index in [0.717, 1.165) is 79.4 Å². The lowest BCUT2D eigenvalue weighted by molar-refractivity contribution is 1.23. The summed E-state index contributed by atoms with van der Waals surface area (Å²) in [7, 11) is 0. The van der Waals surface area contributed by atoms with E-state index in [1.54, 1.807) is 0 Å². The van der Waals surface area contributed by atoms with Crippen molar-refractivity contribution >= 4 is 68.2 Å². The summed E-state index contributed by atoms with van der Waals surface area (Å²) in [4.78, 5) is 9.32. The second-order valence-corrected chi connectivity index (χ2v) is 15.5. The lowest BCUT2D eigenvalue weighted by atomic mass is 10.0. The molecule has 10 aromatic carbocycles. The molecule has 0 amide bonds. The molecule has 0 heterocycles. The monoisotopic (exact) mass is 822 g/mol. The fraction of sp³-hybridized carbons (Fsp3) is 0. The van der Waals surface area contributed by atoms with Gasteiger partial charge in [0.2, 0.25) is 0 Å². The van der Waals surface area contributed by atoms with Crippen LogP contribution >= 0.6 is 0 Å². The van der Waals surface area contributed by atoms with Gasteiger partial charge in [-0.05, 0) is 151 Å². The largest absolute Gasteiger partial charge is 0.311 e. The second-order valence-electron chi connectivity index (χ2n) is 15.5. The van der Waals surface area contributed by atoms with Gasteiger partial charge in [-0.2, -0.15) is 0 Å². The van der Waals surface area contributed by atoms with Gasteiger partial charge < -0.3 is 19.6 Å². The Kier molecular flexibility index (Phi) is 11.5. The van der Waals surface area contributed by atoms with Gasteiger partial charge >= 0.3 is 0 Å². The van der Waals surface area contributed by atoms with Crippen molar-refractivity contribution in [2.24, 2.45) is 0 Å². The number of rotatable bonds is 13. The van der Waals surface area contributed by atoms with E-state index in [0.29, 0.717) is 0 Å². The summed E-state index contributed by atoms with van der Waals surface area (Å²) in [5.41, 5.74) is 15.1. The van der Waals surface area contributed by atoms with E-state index < -0.39 is 0 Å². The number of hydrogen-bond donors (Lipinski definition) is 0. The molecule has 306 valence electrons.